The molecule has 1 aromatic heterocycles. The molecule has 0 aliphatic rings. The van der Waals surface area contributed by atoms with E-state index in [9.17, 15) is 0 Å². The summed E-state index contributed by atoms with van der Waals surface area (Å²) in [6.07, 6.45) is 0.552. The van der Waals surface area contributed by atoms with E-state index in [1.165, 1.54) is 0 Å². The molecule has 18 heavy (non-hydrogen) atoms. The summed E-state index contributed by atoms with van der Waals surface area (Å²) in [5.74, 6) is 1.04. The zero-order chi connectivity index (χ0) is 14.0. The zero-order valence-electron chi connectivity index (χ0n) is 12.3. The Morgan fingerprint density at radius 3 is 2.33 bits per heavy atom. The van der Waals surface area contributed by atoms with Gasteiger partial charge < -0.3 is 15.0 Å². The molecule has 1 aromatic rings. The summed E-state index contributed by atoms with van der Waals surface area (Å²) in [7, 11) is 0. The van der Waals surface area contributed by atoms with E-state index in [0.717, 1.165) is 6.42 Å². The Bertz CT molecular complexity index is 380. The minimum Gasteiger partial charge on any atom is -0.370 e. The van der Waals surface area contributed by atoms with Crippen molar-refractivity contribution in [3.05, 3.63) is 11.7 Å². The maximum absolute atomic E-state index is 6.10. The van der Waals surface area contributed by atoms with Crippen LogP contribution in [0.3, 0.4) is 0 Å². The van der Waals surface area contributed by atoms with E-state index >= 15 is 0 Å². The fourth-order valence-electron chi connectivity index (χ4n) is 1.60. The Morgan fingerprint density at radius 2 is 1.89 bits per heavy atom. The predicted octanol–water partition coefficient (Wildman–Crippen LogP) is 2.78. The fraction of sp³-hybridized carbons (Fsp3) is 0.846. The SMILES string of the molecule is CCOC(c1noc(C(C)(N)CC)n1)C(C)(C)C. The van der Waals surface area contributed by atoms with Crippen LogP contribution in [0.2, 0.25) is 0 Å². The Morgan fingerprint density at radius 1 is 1.28 bits per heavy atom. The highest BCUT2D eigenvalue weighted by Crippen LogP contribution is 2.35. The van der Waals surface area contributed by atoms with Crippen LogP contribution in [-0.4, -0.2) is 16.7 Å². The van der Waals surface area contributed by atoms with Gasteiger partial charge in [-0.1, -0.05) is 32.9 Å². The number of nitrogens with two attached hydrogens (primary N) is 1. The van der Waals surface area contributed by atoms with Gasteiger partial charge in [-0.15, -0.1) is 0 Å². The molecular weight excluding hydrogens is 230 g/mol. The standard InChI is InChI=1S/C13H25N3O2/c1-7-13(6,14)11-15-10(16-18-11)9(17-8-2)12(3,4)5/h9H,7-8,14H2,1-6H3. The van der Waals surface area contributed by atoms with Crippen LogP contribution in [0, 0.1) is 5.41 Å². The van der Waals surface area contributed by atoms with Crippen molar-refractivity contribution in [1.29, 1.82) is 0 Å². The second-order valence-electron chi connectivity index (χ2n) is 5.93. The largest absolute Gasteiger partial charge is 0.370 e. The minimum absolute atomic E-state index is 0.0889. The number of ether oxygens (including phenoxy) is 1. The molecule has 0 radical (unpaired) electrons. The van der Waals surface area contributed by atoms with Gasteiger partial charge in [0.05, 0.1) is 5.54 Å². The third-order valence-corrected chi connectivity index (χ3v) is 3.02. The summed E-state index contributed by atoms with van der Waals surface area (Å²) >= 11 is 0. The maximum atomic E-state index is 6.10. The molecule has 2 unspecified atom stereocenters. The molecule has 104 valence electrons. The normalized spacial score (nSPS) is 17.5. The van der Waals surface area contributed by atoms with Crippen molar-refractivity contribution in [1.82, 2.24) is 10.1 Å². The number of aromatic nitrogens is 2. The third-order valence-electron chi connectivity index (χ3n) is 3.02. The number of hydrogen-bond donors (Lipinski definition) is 1. The molecule has 0 aliphatic carbocycles. The van der Waals surface area contributed by atoms with Gasteiger partial charge in [-0.25, -0.2) is 0 Å². The van der Waals surface area contributed by atoms with Crippen molar-refractivity contribution < 1.29 is 9.26 Å². The van der Waals surface area contributed by atoms with Crippen LogP contribution in [0.15, 0.2) is 4.52 Å². The molecule has 0 spiro atoms. The molecule has 2 N–H and O–H groups in total. The number of hydrogen-bond acceptors (Lipinski definition) is 5. The monoisotopic (exact) mass is 255 g/mol. The van der Waals surface area contributed by atoms with Gasteiger partial charge in [-0.3, -0.25) is 0 Å². The van der Waals surface area contributed by atoms with Crippen LogP contribution in [0.5, 0.6) is 0 Å². The number of nitrogens with zero attached hydrogens (tertiary/aromatic N) is 2. The number of rotatable bonds is 5. The van der Waals surface area contributed by atoms with Crippen molar-refractivity contribution in [3.8, 4) is 0 Å². The smallest absolute Gasteiger partial charge is 0.246 e. The topological polar surface area (TPSA) is 74.2 Å². The van der Waals surface area contributed by atoms with E-state index in [1.54, 1.807) is 0 Å². The lowest BCUT2D eigenvalue weighted by atomic mass is 9.88. The lowest BCUT2D eigenvalue weighted by Crippen LogP contribution is -2.32. The lowest BCUT2D eigenvalue weighted by Gasteiger charge is -2.27. The molecule has 0 saturated carbocycles. The lowest BCUT2D eigenvalue weighted by molar-refractivity contribution is -0.0203. The van der Waals surface area contributed by atoms with Gasteiger partial charge >= 0.3 is 0 Å². The van der Waals surface area contributed by atoms with E-state index in [-0.39, 0.29) is 11.5 Å². The average Bonchev–Trinajstić information content (AvgIpc) is 2.73. The quantitative estimate of drug-likeness (QED) is 0.875. The molecule has 0 saturated heterocycles. The first-order chi connectivity index (χ1) is 8.22. The van der Waals surface area contributed by atoms with Crippen molar-refractivity contribution in [2.45, 2.75) is 59.6 Å². The van der Waals surface area contributed by atoms with Gasteiger partial charge in [0, 0.05) is 6.61 Å². The molecule has 5 heteroatoms. The Balaban J connectivity index is 3.02. The first kappa shape index (κ1) is 15.1. The molecule has 0 bridgehead atoms. The molecule has 5 nitrogen and oxygen atoms in total. The van der Waals surface area contributed by atoms with E-state index in [2.05, 4.69) is 30.9 Å². The van der Waals surface area contributed by atoms with Crippen LogP contribution in [0.4, 0.5) is 0 Å². The van der Waals surface area contributed by atoms with E-state index in [4.69, 9.17) is 15.0 Å². The van der Waals surface area contributed by atoms with Crippen molar-refractivity contribution >= 4 is 0 Å². The van der Waals surface area contributed by atoms with Crippen molar-refractivity contribution in [2.75, 3.05) is 6.61 Å². The summed E-state index contributed by atoms with van der Waals surface area (Å²) in [6.45, 7) is 12.7. The highest BCUT2D eigenvalue weighted by atomic mass is 16.5. The highest BCUT2D eigenvalue weighted by molar-refractivity contribution is 5.03. The predicted molar refractivity (Wildman–Crippen MR) is 70.0 cm³/mol. The Hall–Kier alpha value is -0.940. The van der Waals surface area contributed by atoms with E-state index in [0.29, 0.717) is 18.3 Å². The van der Waals surface area contributed by atoms with Crippen LogP contribution >= 0.6 is 0 Å². The average molecular weight is 255 g/mol. The Kier molecular flexibility index (Phi) is 4.50. The third kappa shape index (κ3) is 3.29. The van der Waals surface area contributed by atoms with Crippen molar-refractivity contribution in [2.24, 2.45) is 11.1 Å². The summed E-state index contributed by atoms with van der Waals surface area (Å²) in [4.78, 5) is 4.41. The first-order valence-corrected chi connectivity index (χ1v) is 6.47. The highest BCUT2D eigenvalue weighted by Gasteiger charge is 2.34. The summed E-state index contributed by atoms with van der Waals surface area (Å²) in [5.41, 5.74) is 5.42. The maximum Gasteiger partial charge on any atom is 0.246 e. The fourth-order valence-corrected chi connectivity index (χ4v) is 1.60. The van der Waals surface area contributed by atoms with Gasteiger partial charge in [-0.2, -0.15) is 4.98 Å². The van der Waals surface area contributed by atoms with E-state index < -0.39 is 5.54 Å². The summed E-state index contributed by atoms with van der Waals surface area (Å²) < 4.78 is 11.0. The molecule has 0 aromatic carbocycles. The van der Waals surface area contributed by atoms with Gasteiger partial charge in [0.15, 0.2) is 0 Å². The molecular formula is C13H25N3O2. The van der Waals surface area contributed by atoms with Gasteiger partial charge in [0.2, 0.25) is 11.7 Å². The Labute approximate surface area is 109 Å². The minimum atomic E-state index is -0.583. The molecule has 2 atom stereocenters. The van der Waals surface area contributed by atoms with Crippen LogP contribution in [0.1, 0.15) is 65.8 Å². The molecule has 1 rings (SSSR count). The van der Waals surface area contributed by atoms with Gasteiger partial charge in [0.25, 0.3) is 0 Å². The van der Waals surface area contributed by atoms with Crippen LogP contribution < -0.4 is 5.73 Å². The van der Waals surface area contributed by atoms with Crippen LogP contribution in [-0.2, 0) is 10.3 Å². The second-order valence-corrected chi connectivity index (χ2v) is 5.93. The molecule has 0 fully saturated rings. The zero-order valence-corrected chi connectivity index (χ0v) is 12.3. The summed E-state index contributed by atoms with van der Waals surface area (Å²) in [6, 6.07) is 0. The first-order valence-electron chi connectivity index (χ1n) is 6.47. The molecule has 0 amide bonds. The van der Waals surface area contributed by atoms with Gasteiger partial charge in [-0.05, 0) is 25.7 Å². The van der Waals surface area contributed by atoms with Crippen molar-refractivity contribution in [3.63, 3.8) is 0 Å². The molecule has 1 heterocycles. The molecule has 0 aliphatic heterocycles. The van der Waals surface area contributed by atoms with E-state index in [1.807, 2.05) is 20.8 Å². The van der Waals surface area contributed by atoms with Gasteiger partial charge in [0.1, 0.15) is 6.10 Å². The second kappa shape index (κ2) is 5.36. The summed E-state index contributed by atoms with van der Waals surface area (Å²) in [5, 5.41) is 4.02. The van der Waals surface area contributed by atoms with Crippen LogP contribution in [0.25, 0.3) is 0 Å².